The van der Waals surface area contributed by atoms with E-state index in [9.17, 15) is 4.79 Å². The number of furan rings is 1. The average molecular weight is 251 g/mol. The van der Waals surface area contributed by atoms with Crippen LogP contribution in [-0.2, 0) is 0 Å². The van der Waals surface area contributed by atoms with Crippen molar-refractivity contribution in [1.29, 1.82) is 0 Å². The van der Waals surface area contributed by atoms with Crippen LogP contribution in [-0.4, -0.2) is 23.7 Å². The van der Waals surface area contributed by atoms with Crippen molar-refractivity contribution in [3.63, 3.8) is 0 Å². The van der Waals surface area contributed by atoms with E-state index in [1.165, 1.54) is 38.4 Å². The summed E-state index contributed by atoms with van der Waals surface area (Å²) >= 11 is 0. The van der Waals surface area contributed by atoms with Crippen LogP contribution in [0.5, 0.6) is 5.75 Å². The minimum atomic E-state index is -1.07. The van der Waals surface area contributed by atoms with Crippen LogP contribution in [0.3, 0.4) is 0 Å². The number of hydrogen-bond acceptors (Lipinski definition) is 4. The van der Waals surface area contributed by atoms with Gasteiger partial charge in [-0.2, -0.15) is 0 Å². The zero-order valence-corrected chi connectivity index (χ0v) is 10.1. The molecule has 0 radical (unpaired) electrons. The average Bonchev–Trinajstić information content (AvgIpc) is 2.82. The molecule has 1 aliphatic carbocycles. The number of fused-ring (bicyclic) bond motifs is 1. The number of carbonyl (C=O) groups is 1. The number of hydrogen-bond donors (Lipinski definition) is 2. The molecule has 2 heterocycles. The third-order valence-electron chi connectivity index (χ3n) is 3.89. The van der Waals surface area contributed by atoms with Crippen molar-refractivity contribution in [3.8, 4) is 5.75 Å². The van der Waals surface area contributed by atoms with E-state index in [1.807, 2.05) is 0 Å². The van der Waals surface area contributed by atoms with Crippen LogP contribution in [0.4, 0.5) is 5.69 Å². The van der Waals surface area contributed by atoms with E-state index >= 15 is 0 Å². The molecular formula is C13H17NO4. The topological polar surface area (TPSA) is 71.7 Å². The van der Waals surface area contributed by atoms with Gasteiger partial charge in [-0.1, -0.05) is 19.3 Å². The molecule has 0 aromatic carbocycles. The summed E-state index contributed by atoms with van der Waals surface area (Å²) in [4.78, 5) is 10.9. The molecule has 98 valence electrons. The molecule has 18 heavy (non-hydrogen) atoms. The predicted octanol–water partition coefficient (Wildman–Crippen LogP) is 2.73. The molecule has 5 heteroatoms. The highest BCUT2D eigenvalue weighted by molar-refractivity contribution is 5.93. The Bertz CT molecular complexity index is 448. The molecule has 1 aromatic heterocycles. The SMILES string of the molecule is O=C(O)c1occ2c1NCC(C1CCCCC1)O2. The summed E-state index contributed by atoms with van der Waals surface area (Å²) in [5.74, 6) is -0.0210. The Morgan fingerprint density at radius 3 is 2.83 bits per heavy atom. The maximum atomic E-state index is 10.9. The van der Waals surface area contributed by atoms with E-state index in [4.69, 9.17) is 14.3 Å². The highest BCUT2D eigenvalue weighted by Gasteiger charge is 2.32. The molecule has 5 nitrogen and oxygen atoms in total. The summed E-state index contributed by atoms with van der Waals surface area (Å²) in [6, 6.07) is 0. The second kappa shape index (κ2) is 4.55. The van der Waals surface area contributed by atoms with E-state index in [-0.39, 0.29) is 11.9 Å². The lowest BCUT2D eigenvalue weighted by molar-refractivity contribution is 0.0663. The van der Waals surface area contributed by atoms with E-state index < -0.39 is 5.97 Å². The van der Waals surface area contributed by atoms with E-state index in [2.05, 4.69) is 5.32 Å². The third-order valence-corrected chi connectivity index (χ3v) is 3.89. The molecule has 3 rings (SSSR count). The zero-order valence-electron chi connectivity index (χ0n) is 10.1. The van der Waals surface area contributed by atoms with Gasteiger partial charge in [-0.05, 0) is 18.8 Å². The van der Waals surface area contributed by atoms with Crippen LogP contribution in [0, 0.1) is 5.92 Å². The molecule has 1 aliphatic heterocycles. The third kappa shape index (κ3) is 1.94. The van der Waals surface area contributed by atoms with E-state index in [0.29, 0.717) is 23.9 Å². The van der Waals surface area contributed by atoms with Gasteiger partial charge in [0.2, 0.25) is 5.76 Å². The number of ether oxygens (including phenoxy) is 1. The van der Waals surface area contributed by atoms with Crippen molar-refractivity contribution < 1.29 is 19.1 Å². The van der Waals surface area contributed by atoms with Gasteiger partial charge in [0.05, 0.1) is 6.54 Å². The summed E-state index contributed by atoms with van der Waals surface area (Å²) in [5, 5.41) is 12.1. The molecule has 1 aromatic rings. The molecule has 2 aliphatic rings. The van der Waals surface area contributed by atoms with Gasteiger partial charge in [-0.25, -0.2) is 4.79 Å². The molecule has 1 atom stereocenters. The smallest absolute Gasteiger partial charge is 0.374 e. The Morgan fingerprint density at radius 1 is 1.33 bits per heavy atom. The Kier molecular flexibility index (Phi) is 2.89. The monoisotopic (exact) mass is 251 g/mol. The molecular weight excluding hydrogens is 234 g/mol. The molecule has 0 spiro atoms. The molecule has 0 amide bonds. The van der Waals surface area contributed by atoms with Gasteiger partial charge < -0.3 is 19.6 Å². The maximum absolute atomic E-state index is 10.9. The predicted molar refractivity (Wildman–Crippen MR) is 65.1 cm³/mol. The van der Waals surface area contributed by atoms with Gasteiger partial charge in [0.1, 0.15) is 18.1 Å². The first-order valence-corrected chi connectivity index (χ1v) is 6.51. The fraction of sp³-hybridized carbons (Fsp3) is 0.615. The normalized spacial score (nSPS) is 23.9. The highest BCUT2D eigenvalue weighted by atomic mass is 16.5. The number of carboxylic acids is 1. The molecule has 1 fully saturated rings. The van der Waals surface area contributed by atoms with Gasteiger partial charge >= 0.3 is 5.97 Å². The van der Waals surface area contributed by atoms with Crippen molar-refractivity contribution in [2.75, 3.05) is 11.9 Å². The Hall–Kier alpha value is -1.65. The number of aromatic carboxylic acids is 1. The van der Waals surface area contributed by atoms with E-state index in [1.54, 1.807) is 0 Å². The van der Waals surface area contributed by atoms with Crippen molar-refractivity contribution in [2.24, 2.45) is 5.92 Å². The highest BCUT2D eigenvalue weighted by Crippen LogP contribution is 2.38. The zero-order chi connectivity index (χ0) is 12.5. The second-order valence-corrected chi connectivity index (χ2v) is 5.04. The molecule has 0 bridgehead atoms. The molecule has 2 N–H and O–H groups in total. The minimum absolute atomic E-state index is 0.0629. The first-order chi connectivity index (χ1) is 8.75. The van der Waals surface area contributed by atoms with Gasteiger partial charge in [0, 0.05) is 0 Å². The lowest BCUT2D eigenvalue weighted by Gasteiger charge is -2.33. The van der Waals surface area contributed by atoms with Crippen molar-refractivity contribution in [3.05, 3.63) is 12.0 Å². The van der Waals surface area contributed by atoms with Crippen LogP contribution in [0.15, 0.2) is 10.7 Å². The molecule has 1 saturated carbocycles. The standard InChI is InChI=1S/C13H17NO4/c15-13(16)12-11-10(7-17-12)18-9(6-14-11)8-4-2-1-3-5-8/h7-9,14H,1-6H2,(H,15,16). The summed E-state index contributed by atoms with van der Waals surface area (Å²) in [6.45, 7) is 0.664. The number of carboxylic acid groups (broad SMARTS) is 1. The number of nitrogens with one attached hydrogen (secondary N) is 1. The fourth-order valence-corrected chi connectivity index (χ4v) is 2.93. The largest absolute Gasteiger partial charge is 0.483 e. The van der Waals surface area contributed by atoms with Gasteiger partial charge in [-0.15, -0.1) is 0 Å². The van der Waals surface area contributed by atoms with Crippen LogP contribution < -0.4 is 10.1 Å². The summed E-state index contributed by atoms with van der Waals surface area (Å²) in [7, 11) is 0. The Balaban J connectivity index is 1.75. The molecule has 1 unspecified atom stereocenters. The van der Waals surface area contributed by atoms with Crippen LogP contribution >= 0.6 is 0 Å². The lowest BCUT2D eigenvalue weighted by atomic mass is 9.85. The van der Waals surface area contributed by atoms with E-state index in [0.717, 1.165) is 0 Å². The van der Waals surface area contributed by atoms with Crippen molar-refractivity contribution in [2.45, 2.75) is 38.2 Å². The van der Waals surface area contributed by atoms with Crippen molar-refractivity contribution >= 4 is 11.7 Å². The quantitative estimate of drug-likeness (QED) is 0.845. The Morgan fingerprint density at radius 2 is 2.11 bits per heavy atom. The summed E-state index contributed by atoms with van der Waals surface area (Å²) in [5.41, 5.74) is 0.481. The van der Waals surface area contributed by atoms with Gasteiger partial charge in [0.15, 0.2) is 5.75 Å². The number of rotatable bonds is 2. The molecule has 0 saturated heterocycles. The second-order valence-electron chi connectivity index (χ2n) is 5.04. The number of anilines is 1. The lowest BCUT2D eigenvalue weighted by Crippen LogP contribution is -2.38. The first-order valence-electron chi connectivity index (χ1n) is 6.51. The van der Waals surface area contributed by atoms with Gasteiger partial charge in [0.25, 0.3) is 0 Å². The minimum Gasteiger partial charge on any atom is -0.483 e. The Labute approximate surface area is 105 Å². The summed E-state index contributed by atoms with van der Waals surface area (Å²) < 4.78 is 10.9. The van der Waals surface area contributed by atoms with Crippen LogP contribution in [0.1, 0.15) is 42.7 Å². The van der Waals surface area contributed by atoms with Gasteiger partial charge in [-0.3, -0.25) is 0 Å². The van der Waals surface area contributed by atoms with Crippen LogP contribution in [0.2, 0.25) is 0 Å². The van der Waals surface area contributed by atoms with Crippen LogP contribution in [0.25, 0.3) is 0 Å². The fourth-order valence-electron chi connectivity index (χ4n) is 2.93. The van der Waals surface area contributed by atoms with Crippen molar-refractivity contribution in [1.82, 2.24) is 0 Å². The summed E-state index contributed by atoms with van der Waals surface area (Å²) in [6.07, 6.45) is 7.78. The maximum Gasteiger partial charge on any atom is 0.374 e. The first kappa shape index (κ1) is 11.4.